The quantitative estimate of drug-likeness (QED) is 0.312. The fourth-order valence-electron chi connectivity index (χ4n) is 4.39. The molecule has 0 saturated carbocycles. The van der Waals surface area contributed by atoms with Crippen molar-refractivity contribution >= 4 is 70.6 Å². The van der Waals surface area contributed by atoms with Crippen LogP contribution in [0, 0.1) is 0 Å². The van der Waals surface area contributed by atoms with E-state index in [0.29, 0.717) is 0 Å². The first-order chi connectivity index (χ1) is 19.9. The monoisotopic (exact) mass is 654 g/mol. The maximum absolute atomic E-state index is 2.71. The summed E-state index contributed by atoms with van der Waals surface area (Å²) in [6.45, 7) is 7.28. The lowest BCUT2D eigenvalue weighted by Crippen LogP contribution is -2.31. The average molecular weight is 655 g/mol. The van der Waals surface area contributed by atoms with Gasteiger partial charge in [0.1, 0.15) is 0 Å². The third kappa shape index (κ3) is 18.2. The maximum Gasteiger partial charge on any atom is 0.00728 e. The zero-order chi connectivity index (χ0) is 27.8. The van der Waals surface area contributed by atoms with Gasteiger partial charge in [0.15, 0.2) is 0 Å². The zero-order valence-corrected chi connectivity index (χ0v) is 29.2. The van der Waals surface area contributed by atoms with Gasteiger partial charge in [0.25, 0.3) is 0 Å². The first-order valence-electron chi connectivity index (χ1n) is 14.9. The van der Waals surface area contributed by atoms with Crippen molar-refractivity contribution < 1.29 is 0 Å². The van der Waals surface area contributed by atoms with Crippen LogP contribution in [0.4, 0.5) is 0 Å². The summed E-state index contributed by atoms with van der Waals surface area (Å²) in [6, 6.07) is 22.0. The van der Waals surface area contributed by atoms with Gasteiger partial charge in [-0.1, -0.05) is 60.7 Å². The summed E-state index contributed by atoms with van der Waals surface area (Å²) in [6.07, 6.45) is 2.34. The second-order valence-electron chi connectivity index (χ2n) is 9.83. The fraction of sp³-hybridized carbons (Fsp3) is 0.625. The van der Waals surface area contributed by atoms with Gasteiger partial charge in [0.2, 0.25) is 0 Å². The van der Waals surface area contributed by atoms with Gasteiger partial charge in [-0.3, -0.25) is 0 Å². The van der Waals surface area contributed by atoms with Crippen LogP contribution in [-0.2, 0) is 12.8 Å². The molecule has 0 aromatic heterocycles. The Balaban J connectivity index is 1.36. The van der Waals surface area contributed by atoms with Gasteiger partial charge in [-0.15, -0.1) is 0 Å². The molecule has 2 aromatic rings. The first-order valence-corrected chi connectivity index (χ1v) is 21.8. The maximum atomic E-state index is 2.71. The molecule has 2 nitrogen and oxygen atoms in total. The predicted molar refractivity (Wildman–Crippen MR) is 197 cm³/mol. The van der Waals surface area contributed by atoms with Gasteiger partial charge in [0.05, 0.1) is 0 Å². The molecule has 0 N–H and O–H groups in total. The van der Waals surface area contributed by atoms with Crippen LogP contribution in [0.1, 0.15) is 11.1 Å². The highest BCUT2D eigenvalue weighted by Gasteiger charge is 2.08. The smallest absolute Gasteiger partial charge is 0.00728 e. The highest BCUT2D eigenvalue weighted by Crippen LogP contribution is 2.14. The highest BCUT2D eigenvalue weighted by atomic mass is 32.2. The number of rotatable bonds is 6. The van der Waals surface area contributed by atoms with Crippen molar-refractivity contribution in [2.75, 3.05) is 108 Å². The van der Waals surface area contributed by atoms with Crippen molar-refractivity contribution in [2.24, 2.45) is 0 Å². The third-order valence-corrected chi connectivity index (χ3v) is 13.7. The van der Waals surface area contributed by atoms with E-state index in [1.807, 2.05) is 0 Å². The highest BCUT2D eigenvalue weighted by molar-refractivity contribution is 8.05. The number of benzene rings is 2. The van der Waals surface area contributed by atoms with Crippen LogP contribution in [0.15, 0.2) is 60.7 Å². The third-order valence-electron chi connectivity index (χ3n) is 6.81. The van der Waals surface area contributed by atoms with Gasteiger partial charge < -0.3 is 9.80 Å². The molecule has 0 amide bonds. The lowest BCUT2D eigenvalue weighted by molar-refractivity contribution is 0.313. The van der Waals surface area contributed by atoms with Gasteiger partial charge >= 0.3 is 0 Å². The fourth-order valence-corrected chi connectivity index (χ4v) is 10.9. The minimum Gasteiger partial charge on any atom is -0.301 e. The number of hydrogen-bond acceptors (Lipinski definition) is 8. The second kappa shape index (κ2) is 24.9. The van der Waals surface area contributed by atoms with E-state index in [2.05, 4.69) is 141 Å². The molecule has 0 aliphatic carbocycles. The van der Waals surface area contributed by atoms with Crippen molar-refractivity contribution in [1.82, 2.24) is 9.80 Å². The molecule has 1 saturated heterocycles. The Labute approximate surface area is 271 Å². The van der Waals surface area contributed by atoms with E-state index in [-0.39, 0.29) is 0 Å². The lowest BCUT2D eigenvalue weighted by atomic mass is 10.1. The largest absolute Gasteiger partial charge is 0.301 e. The second-order valence-corrected chi connectivity index (χ2v) is 17.2. The van der Waals surface area contributed by atoms with Crippen LogP contribution in [-0.4, -0.2) is 118 Å². The molecule has 1 fully saturated rings. The Hall–Kier alpha value is 0.460. The molecule has 40 heavy (non-hydrogen) atoms. The summed E-state index contributed by atoms with van der Waals surface area (Å²) in [5.41, 5.74) is 2.94. The molecule has 2 aromatic carbocycles. The Morgan fingerprint density at radius 2 is 0.650 bits per heavy atom. The molecule has 0 spiro atoms. The molecule has 0 atom stereocenters. The van der Waals surface area contributed by atoms with Crippen LogP contribution < -0.4 is 0 Å². The molecule has 1 aliphatic heterocycles. The van der Waals surface area contributed by atoms with Gasteiger partial charge in [-0.25, -0.2) is 0 Å². The summed E-state index contributed by atoms with van der Waals surface area (Å²) in [5, 5.41) is 0. The van der Waals surface area contributed by atoms with Crippen LogP contribution in [0.3, 0.4) is 0 Å². The normalized spacial score (nSPS) is 20.0. The summed E-state index contributed by atoms with van der Waals surface area (Å²) in [4.78, 5) is 5.42. The van der Waals surface area contributed by atoms with Crippen LogP contribution >= 0.6 is 70.6 Å². The summed E-state index contributed by atoms with van der Waals surface area (Å²) in [7, 11) is 0. The van der Waals surface area contributed by atoms with E-state index in [1.165, 1.54) is 132 Å². The summed E-state index contributed by atoms with van der Waals surface area (Å²) < 4.78 is 0. The Morgan fingerprint density at radius 1 is 0.375 bits per heavy atom. The molecular formula is C32H50N2S6. The molecular weight excluding hydrogens is 605 g/mol. The van der Waals surface area contributed by atoms with Crippen molar-refractivity contribution in [3.8, 4) is 0 Å². The lowest BCUT2D eigenvalue weighted by Gasteiger charge is -2.22. The van der Waals surface area contributed by atoms with E-state index in [9.17, 15) is 0 Å². The Bertz CT molecular complexity index is 735. The van der Waals surface area contributed by atoms with E-state index < -0.39 is 0 Å². The van der Waals surface area contributed by atoms with E-state index in [4.69, 9.17) is 0 Å². The van der Waals surface area contributed by atoms with Gasteiger partial charge in [-0.05, 0) is 24.0 Å². The summed E-state index contributed by atoms with van der Waals surface area (Å²) in [5.74, 6) is 15.4. The predicted octanol–water partition coefficient (Wildman–Crippen LogP) is 7.49. The molecule has 1 aliphatic rings. The number of thioether (sulfide) groups is 6. The zero-order valence-electron chi connectivity index (χ0n) is 24.3. The van der Waals surface area contributed by atoms with Gasteiger partial charge in [-0.2, -0.15) is 70.6 Å². The van der Waals surface area contributed by atoms with Crippen LogP contribution in [0.2, 0.25) is 0 Å². The molecule has 0 unspecified atom stereocenters. The minimum absolute atomic E-state index is 1.17. The van der Waals surface area contributed by atoms with Crippen molar-refractivity contribution in [2.45, 2.75) is 12.8 Å². The van der Waals surface area contributed by atoms with E-state index in [1.54, 1.807) is 0 Å². The van der Waals surface area contributed by atoms with Gasteiger partial charge in [0, 0.05) is 108 Å². The average Bonchev–Trinajstić information content (AvgIpc) is 2.99. The standard InChI is InChI=1S/C32H50N2S6/c1-3-7-31(8-4-1)11-13-33-15-19-35-23-27-39-29-25-37-21-17-34(14-12-32-9-5-2-6-10-32)18-22-38-26-30-40-28-24-36-20-16-33/h1-10H,11-30H2. The molecule has 224 valence electrons. The van der Waals surface area contributed by atoms with Crippen LogP contribution in [0.25, 0.3) is 0 Å². The van der Waals surface area contributed by atoms with E-state index >= 15 is 0 Å². The van der Waals surface area contributed by atoms with Crippen molar-refractivity contribution in [3.05, 3.63) is 71.8 Å². The molecule has 0 radical (unpaired) electrons. The van der Waals surface area contributed by atoms with E-state index in [0.717, 1.165) is 0 Å². The van der Waals surface area contributed by atoms with Crippen molar-refractivity contribution in [3.63, 3.8) is 0 Å². The summed E-state index contributed by atoms with van der Waals surface area (Å²) >= 11 is 12.9. The SMILES string of the molecule is c1ccc(CCN2CCSCCSCCSCCN(CCc3ccccc3)CCSCCSCCSCC2)cc1. The first kappa shape index (κ1) is 34.9. The number of nitrogens with zero attached hydrogens (tertiary/aromatic N) is 2. The molecule has 8 heteroatoms. The number of hydrogen-bond donors (Lipinski definition) is 0. The van der Waals surface area contributed by atoms with Crippen LogP contribution in [0.5, 0.6) is 0 Å². The topological polar surface area (TPSA) is 6.48 Å². The molecule has 3 rings (SSSR count). The van der Waals surface area contributed by atoms with Crippen molar-refractivity contribution in [1.29, 1.82) is 0 Å². The molecule has 0 bridgehead atoms. The molecule has 1 heterocycles. The Kier molecular flexibility index (Phi) is 21.7. The Morgan fingerprint density at radius 3 is 0.950 bits per heavy atom. The minimum atomic E-state index is 1.17.